The Morgan fingerprint density at radius 2 is 1.70 bits per heavy atom. The van der Waals surface area contributed by atoms with Gasteiger partial charge in [0.2, 0.25) is 0 Å². The Kier molecular flexibility index (Phi) is 4.20. The molecule has 0 bridgehead atoms. The van der Waals surface area contributed by atoms with E-state index in [9.17, 15) is 4.79 Å². The summed E-state index contributed by atoms with van der Waals surface area (Å²) in [6.45, 7) is 1.44. The summed E-state index contributed by atoms with van der Waals surface area (Å²) in [6.07, 6.45) is 0. The van der Waals surface area contributed by atoms with Crippen molar-refractivity contribution in [2.24, 2.45) is 0 Å². The number of fused-ring (bicyclic) bond motifs is 1. The molecule has 0 N–H and O–H groups in total. The molecule has 0 fully saturated rings. The zero-order chi connectivity index (χ0) is 16.4. The SMILES string of the molecule is COC1(c2ccccc2)C(=O)N(CCN(C)C)c2ccccc21. The van der Waals surface area contributed by atoms with E-state index in [4.69, 9.17) is 4.74 Å². The zero-order valence-corrected chi connectivity index (χ0v) is 13.8. The third kappa shape index (κ3) is 2.44. The van der Waals surface area contributed by atoms with Crippen LogP contribution < -0.4 is 4.90 Å². The van der Waals surface area contributed by atoms with Crippen LogP contribution in [-0.2, 0) is 15.1 Å². The van der Waals surface area contributed by atoms with Crippen LogP contribution in [0.15, 0.2) is 54.6 Å². The Balaban J connectivity index is 2.13. The number of hydrogen-bond acceptors (Lipinski definition) is 3. The molecule has 0 aliphatic carbocycles. The number of carbonyl (C=O) groups excluding carboxylic acids is 1. The maximum absolute atomic E-state index is 13.3. The lowest BCUT2D eigenvalue weighted by molar-refractivity contribution is -0.135. The summed E-state index contributed by atoms with van der Waals surface area (Å²) in [7, 11) is 5.62. The fourth-order valence-corrected chi connectivity index (χ4v) is 3.21. The van der Waals surface area contributed by atoms with Crippen LogP contribution in [0, 0.1) is 0 Å². The van der Waals surface area contributed by atoms with Crippen LogP contribution in [0.3, 0.4) is 0 Å². The van der Waals surface area contributed by atoms with Gasteiger partial charge in [-0.15, -0.1) is 0 Å². The Bertz CT molecular complexity index is 700. The van der Waals surface area contributed by atoms with Crippen LogP contribution in [0.2, 0.25) is 0 Å². The molecular formula is C19H22N2O2. The van der Waals surface area contributed by atoms with Crippen LogP contribution in [0.25, 0.3) is 0 Å². The van der Waals surface area contributed by atoms with E-state index in [2.05, 4.69) is 4.90 Å². The van der Waals surface area contributed by atoms with Gasteiger partial charge in [0.15, 0.2) is 5.60 Å². The van der Waals surface area contributed by atoms with Gasteiger partial charge in [0.25, 0.3) is 5.91 Å². The van der Waals surface area contributed by atoms with Crippen molar-refractivity contribution in [2.75, 3.05) is 39.2 Å². The van der Waals surface area contributed by atoms with Gasteiger partial charge in [-0.1, -0.05) is 48.5 Å². The highest BCUT2D eigenvalue weighted by Crippen LogP contribution is 2.46. The third-order valence-corrected chi connectivity index (χ3v) is 4.38. The van der Waals surface area contributed by atoms with Gasteiger partial charge in [-0.3, -0.25) is 4.79 Å². The summed E-state index contributed by atoms with van der Waals surface area (Å²) < 4.78 is 5.86. The first-order chi connectivity index (χ1) is 11.1. The number of methoxy groups -OCH3 is 1. The van der Waals surface area contributed by atoms with Crippen LogP contribution in [-0.4, -0.2) is 45.1 Å². The standard InChI is InChI=1S/C19H22N2O2/c1-20(2)13-14-21-17-12-8-7-11-16(17)19(23-3,18(21)22)15-9-5-4-6-10-15/h4-12H,13-14H2,1-3H3. The molecule has 2 aromatic rings. The quantitative estimate of drug-likeness (QED) is 0.850. The van der Waals surface area contributed by atoms with Gasteiger partial charge in [0, 0.05) is 25.8 Å². The lowest BCUT2D eigenvalue weighted by Gasteiger charge is -2.28. The number of likely N-dealkylation sites (N-methyl/N-ethyl adjacent to an activating group) is 1. The van der Waals surface area contributed by atoms with Crippen LogP contribution in [0.4, 0.5) is 5.69 Å². The van der Waals surface area contributed by atoms with E-state index in [0.29, 0.717) is 6.54 Å². The highest BCUT2D eigenvalue weighted by Gasteiger charge is 2.52. The van der Waals surface area contributed by atoms with Gasteiger partial charge < -0.3 is 14.5 Å². The number of para-hydroxylation sites is 1. The maximum atomic E-state index is 13.3. The minimum Gasteiger partial charge on any atom is -0.359 e. The van der Waals surface area contributed by atoms with Crippen LogP contribution in [0.1, 0.15) is 11.1 Å². The first-order valence-electron chi connectivity index (χ1n) is 7.78. The number of nitrogens with zero attached hydrogens (tertiary/aromatic N) is 2. The summed E-state index contributed by atoms with van der Waals surface area (Å²) in [6, 6.07) is 17.6. The topological polar surface area (TPSA) is 32.8 Å². The highest BCUT2D eigenvalue weighted by atomic mass is 16.5. The van der Waals surface area contributed by atoms with E-state index in [-0.39, 0.29) is 5.91 Å². The molecule has 2 aromatic carbocycles. The van der Waals surface area contributed by atoms with Crippen molar-refractivity contribution >= 4 is 11.6 Å². The van der Waals surface area contributed by atoms with Gasteiger partial charge in [0.05, 0.1) is 5.69 Å². The smallest absolute Gasteiger partial charge is 0.268 e. The number of amides is 1. The van der Waals surface area contributed by atoms with Gasteiger partial charge in [-0.05, 0) is 25.7 Å². The molecule has 4 nitrogen and oxygen atoms in total. The minimum absolute atomic E-state index is 0.0192. The van der Waals surface area contributed by atoms with Gasteiger partial charge in [0.1, 0.15) is 0 Å². The molecule has 1 amide bonds. The van der Waals surface area contributed by atoms with Crippen molar-refractivity contribution in [3.05, 3.63) is 65.7 Å². The first kappa shape index (κ1) is 15.7. The molecule has 4 heteroatoms. The fourth-order valence-electron chi connectivity index (χ4n) is 3.21. The Labute approximate surface area is 137 Å². The van der Waals surface area contributed by atoms with Crippen LogP contribution in [0.5, 0.6) is 0 Å². The van der Waals surface area contributed by atoms with Crippen molar-refractivity contribution in [2.45, 2.75) is 5.60 Å². The number of anilines is 1. The molecule has 0 spiro atoms. The lowest BCUT2D eigenvalue weighted by Crippen LogP contribution is -2.44. The van der Waals surface area contributed by atoms with Crippen molar-refractivity contribution in [3.8, 4) is 0 Å². The van der Waals surface area contributed by atoms with E-state index in [1.54, 1.807) is 7.11 Å². The molecule has 23 heavy (non-hydrogen) atoms. The fraction of sp³-hybridized carbons (Fsp3) is 0.316. The van der Waals surface area contributed by atoms with Crippen LogP contribution >= 0.6 is 0 Å². The molecule has 1 heterocycles. The molecule has 0 radical (unpaired) electrons. The third-order valence-electron chi connectivity index (χ3n) is 4.38. The molecule has 0 saturated carbocycles. The average Bonchev–Trinajstić information content (AvgIpc) is 2.82. The molecule has 120 valence electrons. The first-order valence-corrected chi connectivity index (χ1v) is 7.78. The van der Waals surface area contributed by atoms with E-state index >= 15 is 0 Å². The lowest BCUT2D eigenvalue weighted by atomic mass is 9.87. The maximum Gasteiger partial charge on any atom is 0.268 e. The highest BCUT2D eigenvalue weighted by molar-refractivity contribution is 6.09. The Morgan fingerprint density at radius 3 is 2.35 bits per heavy atom. The van der Waals surface area contributed by atoms with Crippen molar-refractivity contribution in [1.82, 2.24) is 4.90 Å². The predicted molar refractivity (Wildman–Crippen MR) is 91.6 cm³/mol. The Hall–Kier alpha value is -2.17. The minimum atomic E-state index is -1.05. The molecule has 0 saturated heterocycles. The molecule has 1 atom stereocenters. The number of ether oxygens (including phenoxy) is 1. The summed E-state index contributed by atoms with van der Waals surface area (Å²) in [5.41, 5.74) is 1.67. The van der Waals surface area contributed by atoms with E-state index in [1.807, 2.05) is 73.6 Å². The molecule has 0 aromatic heterocycles. The molecule has 1 aliphatic heterocycles. The molecular weight excluding hydrogens is 288 g/mol. The largest absolute Gasteiger partial charge is 0.359 e. The van der Waals surface area contributed by atoms with E-state index in [0.717, 1.165) is 23.4 Å². The molecule has 1 aliphatic rings. The number of hydrogen-bond donors (Lipinski definition) is 0. The molecule has 1 unspecified atom stereocenters. The van der Waals surface area contributed by atoms with Gasteiger partial charge in [-0.2, -0.15) is 0 Å². The monoisotopic (exact) mass is 310 g/mol. The Morgan fingerprint density at radius 1 is 1.04 bits per heavy atom. The summed E-state index contributed by atoms with van der Waals surface area (Å²) >= 11 is 0. The summed E-state index contributed by atoms with van der Waals surface area (Å²) in [4.78, 5) is 17.2. The normalized spacial score (nSPS) is 20.2. The van der Waals surface area contributed by atoms with Gasteiger partial charge in [-0.25, -0.2) is 0 Å². The van der Waals surface area contributed by atoms with Crippen molar-refractivity contribution in [1.29, 1.82) is 0 Å². The average molecular weight is 310 g/mol. The second kappa shape index (κ2) is 6.14. The molecule has 3 rings (SSSR count). The van der Waals surface area contributed by atoms with Crippen molar-refractivity contribution in [3.63, 3.8) is 0 Å². The summed E-state index contributed by atoms with van der Waals surface area (Å²) in [5, 5.41) is 0. The number of carbonyl (C=O) groups is 1. The summed E-state index contributed by atoms with van der Waals surface area (Å²) in [5.74, 6) is -0.0192. The van der Waals surface area contributed by atoms with E-state index in [1.165, 1.54) is 0 Å². The number of benzene rings is 2. The van der Waals surface area contributed by atoms with Gasteiger partial charge >= 0.3 is 0 Å². The second-order valence-electron chi connectivity index (χ2n) is 6.03. The predicted octanol–water partition coefficient (Wildman–Crippen LogP) is 2.48. The van der Waals surface area contributed by atoms with Crippen molar-refractivity contribution < 1.29 is 9.53 Å². The van der Waals surface area contributed by atoms with E-state index < -0.39 is 5.60 Å². The second-order valence-corrected chi connectivity index (χ2v) is 6.03. The zero-order valence-electron chi connectivity index (χ0n) is 13.8. The number of rotatable bonds is 5.